The Morgan fingerprint density at radius 3 is 2.78 bits per heavy atom. The van der Waals surface area contributed by atoms with Gasteiger partial charge >= 0.3 is 0 Å². The first-order chi connectivity index (χ1) is 8.73. The Kier molecular flexibility index (Phi) is 4.76. The smallest absolute Gasteiger partial charge is 0.129 e. The van der Waals surface area contributed by atoms with E-state index in [2.05, 4.69) is 23.6 Å². The molecule has 0 bridgehead atoms. The summed E-state index contributed by atoms with van der Waals surface area (Å²) in [6, 6.07) is 0.672. The minimum absolute atomic E-state index is 0.224. The molecule has 104 valence electrons. The molecule has 18 heavy (non-hydrogen) atoms. The maximum atomic E-state index is 11.3. The molecule has 2 unspecified atom stereocenters. The van der Waals surface area contributed by atoms with Crippen LogP contribution in [0.2, 0.25) is 0 Å². The lowest BCUT2D eigenvalue weighted by Gasteiger charge is -2.29. The van der Waals surface area contributed by atoms with Gasteiger partial charge in [-0.2, -0.15) is 0 Å². The van der Waals surface area contributed by atoms with Gasteiger partial charge in [-0.05, 0) is 32.5 Å². The molecule has 2 heterocycles. The summed E-state index contributed by atoms with van der Waals surface area (Å²) in [5.74, 6) is 0. The van der Waals surface area contributed by atoms with Crippen LogP contribution in [0.4, 0.5) is 0 Å². The SMILES string of the molecule is CCN(CC)C1CCN(CC2(C=O)CCOC2)C1. The van der Waals surface area contributed by atoms with Crippen molar-refractivity contribution in [2.75, 3.05) is 45.9 Å². The summed E-state index contributed by atoms with van der Waals surface area (Å²) in [5, 5.41) is 0. The van der Waals surface area contributed by atoms with Crippen molar-refractivity contribution < 1.29 is 9.53 Å². The third kappa shape index (κ3) is 2.92. The lowest BCUT2D eigenvalue weighted by molar-refractivity contribution is -0.117. The number of likely N-dealkylation sites (tertiary alicyclic amines) is 1. The molecular formula is C14H26N2O2. The summed E-state index contributed by atoms with van der Waals surface area (Å²) < 4.78 is 5.41. The predicted molar refractivity (Wildman–Crippen MR) is 71.7 cm³/mol. The first-order valence-corrected chi connectivity index (χ1v) is 7.23. The third-order valence-electron chi connectivity index (χ3n) is 4.50. The van der Waals surface area contributed by atoms with Gasteiger partial charge in [0.15, 0.2) is 0 Å². The Morgan fingerprint density at radius 2 is 2.22 bits per heavy atom. The molecule has 2 aliphatic rings. The molecule has 0 aromatic heterocycles. The van der Waals surface area contributed by atoms with Gasteiger partial charge in [0.05, 0.1) is 12.0 Å². The monoisotopic (exact) mass is 254 g/mol. The van der Waals surface area contributed by atoms with Crippen molar-refractivity contribution in [1.29, 1.82) is 0 Å². The molecule has 2 atom stereocenters. The largest absolute Gasteiger partial charge is 0.380 e. The highest BCUT2D eigenvalue weighted by Crippen LogP contribution is 2.29. The van der Waals surface area contributed by atoms with E-state index in [1.807, 2.05) is 0 Å². The van der Waals surface area contributed by atoms with Crippen LogP contribution in [0.1, 0.15) is 26.7 Å². The van der Waals surface area contributed by atoms with Crippen LogP contribution < -0.4 is 0 Å². The quantitative estimate of drug-likeness (QED) is 0.662. The Hall–Kier alpha value is -0.450. The van der Waals surface area contributed by atoms with Crippen molar-refractivity contribution in [1.82, 2.24) is 9.80 Å². The lowest BCUT2D eigenvalue weighted by atomic mass is 9.89. The van der Waals surface area contributed by atoms with Crippen molar-refractivity contribution >= 4 is 6.29 Å². The van der Waals surface area contributed by atoms with Crippen LogP contribution in [0.25, 0.3) is 0 Å². The summed E-state index contributed by atoms with van der Waals surface area (Å²) in [5.41, 5.74) is -0.224. The van der Waals surface area contributed by atoms with Crippen LogP contribution in [0.15, 0.2) is 0 Å². The summed E-state index contributed by atoms with van der Waals surface area (Å²) in [4.78, 5) is 16.3. The molecule has 0 aromatic rings. The summed E-state index contributed by atoms with van der Waals surface area (Å²) in [6.07, 6.45) is 3.26. The highest BCUT2D eigenvalue weighted by atomic mass is 16.5. The number of aldehydes is 1. The van der Waals surface area contributed by atoms with E-state index in [9.17, 15) is 4.79 Å². The van der Waals surface area contributed by atoms with Gasteiger partial charge < -0.3 is 14.4 Å². The van der Waals surface area contributed by atoms with Crippen LogP contribution in [0, 0.1) is 5.41 Å². The highest BCUT2D eigenvalue weighted by molar-refractivity contribution is 5.60. The Morgan fingerprint density at radius 1 is 1.44 bits per heavy atom. The maximum absolute atomic E-state index is 11.3. The molecule has 2 fully saturated rings. The van der Waals surface area contributed by atoms with Gasteiger partial charge in [0.2, 0.25) is 0 Å². The Labute approximate surface area is 110 Å². The molecule has 0 aliphatic carbocycles. The Bertz CT molecular complexity index is 273. The zero-order chi connectivity index (χ0) is 13.0. The van der Waals surface area contributed by atoms with Crippen LogP contribution in [0.3, 0.4) is 0 Å². The average molecular weight is 254 g/mol. The number of hydrogen-bond donors (Lipinski definition) is 0. The number of rotatable bonds is 6. The average Bonchev–Trinajstić information content (AvgIpc) is 3.02. The Balaban J connectivity index is 1.87. The van der Waals surface area contributed by atoms with E-state index in [1.165, 1.54) is 6.42 Å². The standard InChI is InChI=1S/C14H26N2O2/c1-3-16(4-2)13-5-7-15(9-13)10-14(11-17)6-8-18-12-14/h11,13H,3-10,12H2,1-2H3. The van der Waals surface area contributed by atoms with Crippen molar-refractivity contribution in [3.63, 3.8) is 0 Å². The number of nitrogens with zero attached hydrogens (tertiary/aromatic N) is 2. The maximum Gasteiger partial charge on any atom is 0.129 e. The van der Waals surface area contributed by atoms with Gasteiger partial charge in [-0.1, -0.05) is 13.8 Å². The highest BCUT2D eigenvalue weighted by Gasteiger charge is 2.38. The number of likely N-dealkylation sites (N-methyl/N-ethyl adjacent to an activating group) is 1. The lowest BCUT2D eigenvalue weighted by Crippen LogP contribution is -2.41. The predicted octanol–water partition coefficient (Wildman–Crippen LogP) is 1.01. The normalized spacial score (nSPS) is 33.4. The molecule has 2 aliphatic heterocycles. The molecule has 0 N–H and O–H groups in total. The molecular weight excluding hydrogens is 228 g/mol. The fourth-order valence-electron chi connectivity index (χ4n) is 3.32. The number of carbonyl (C=O) groups excluding carboxylic acids is 1. The van der Waals surface area contributed by atoms with E-state index in [0.717, 1.165) is 52.0 Å². The summed E-state index contributed by atoms with van der Waals surface area (Å²) in [7, 11) is 0. The zero-order valence-electron chi connectivity index (χ0n) is 11.7. The molecule has 2 saturated heterocycles. The van der Waals surface area contributed by atoms with Gasteiger partial charge in [-0.15, -0.1) is 0 Å². The first kappa shape index (κ1) is 14.0. The molecule has 0 aromatic carbocycles. The van der Waals surface area contributed by atoms with E-state index in [-0.39, 0.29) is 5.41 Å². The zero-order valence-corrected chi connectivity index (χ0v) is 11.7. The molecule has 0 radical (unpaired) electrons. The van der Waals surface area contributed by atoms with Gasteiger partial charge in [-0.25, -0.2) is 0 Å². The van der Waals surface area contributed by atoms with E-state index < -0.39 is 0 Å². The van der Waals surface area contributed by atoms with Crippen molar-refractivity contribution in [2.45, 2.75) is 32.7 Å². The van der Waals surface area contributed by atoms with Gasteiger partial charge in [0, 0.05) is 25.7 Å². The second-order valence-corrected chi connectivity index (χ2v) is 5.68. The summed E-state index contributed by atoms with van der Waals surface area (Å²) >= 11 is 0. The van der Waals surface area contributed by atoms with Crippen molar-refractivity contribution in [3.8, 4) is 0 Å². The number of carbonyl (C=O) groups is 1. The fourth-order valence-corrected chi connectivity index (χ4v) is 3.32. The molecule has 4 nitrogen and oxygen atoms in total. The molecule has 0 saturated carbocycles. The van der Waals surface area contributed by atoms with Crippen molar-refractivity contribution in [2.24, 2.45) is 5.41 Å². The first-order valence-electron chi connectivity index (χ1n) is 7.23. The minimum atomic E-state index is -0.224. The van der Waals surface area contributed by atoms with Crippen molar-refractivity contribution in [3.05, 3.63) is 0 Å². The second-order valence-electron chi connectivity index (χ2n) is 5.68. The topological polar surface area (TPSA) is 32.8 Å². The van der Waals surface area contributed by atoms with Gasteiger partial charge in [0.25, 0.3) is 0 Å². The van der Waals surface area contributed by atoms with Gasteiger partial charge in [0.1, 0.15) is 6.29 Å². The van der Waals surface area contributed by atoms with E-state index in [4.69, 9.17) is 4.74 Å². The molecule has 4 heteroatoms. The number of ether oxygens (including phenoxy) is 1. The van der Waals surface area contributed by atoms with Crippen LogP contribution in [0.5, 0.6) is 0 Å². The molecule has 2 rings (SSSR count). The van der Waals surface area contributed by atoms with Gasteiger partial charge in [-0.3, -0.25) is 4.90 Å². The van der Waals surface area contributed by atoms with E-state index in [1.54, 1.807) is 0 Å². The summed E-state index contributed by atoms with van der Waals surface area (Å²) in [6.45, 7) is 11.2. The fraction of sp³-hybridized carbons (Fsp3) is 0.929. The molecule has 0 amide bonds. The van der Waals surface area contributed by atoms with Crippen LogP contribution >= 0.6 is 0 Å². The second kappa shape index (κ2) is 6.13. The van der Waals surface area contributed by atoms with Crippen LogP contribution in [-0.4, -0.2) is 68.1 Å². The van der Waals surface area contributed by atoms with E-state index in [0.29, 0.717) is 12.6 Å². The van der Waals surface area contributed by atoms with Crippen LogP contribution in [-0.2, 0) is 9.53 Å². The third-order valence-corrected chi connectivity index (χ3v) is 4.50. The number of hydrogen-bond acceptors (Lipinski definition) is 4. The van der Waals surface area contributed by atoms with E-state index >= 15 is 0 Å². The molecule has 0 spiro atoms. The minimum Gasteiger partial charge on any atom is -0.380 e.